The summed E-state index contributed by atoms with van der Waals surface area (Å²) in [7, 11) is 0. The molecule has 0 atom stereocenters. The zero-order chi connectivity index (χ0) is 8.10. The Morgan fingerprint density at radius 1 is 1.64 bits per heavy atom. The van der Waals surface area contributed by atoms with Gasteiger partial charge in [0.2, 0.25) is 0 Å². The van der Waals surface area contributed by atoms with Crippen LogP contribution in [0.5, 0.6) is 0 Å². The van der Waals surface area contributed by atoms with Gasteiger partial charge in [0.25, 0.3) is 0 Å². The zero-order valence-electron chi connectivity index (χ0n) is 6.56. The number of hydrogen-bond acceptors (Lipinski definition) is 2. The minimum atomic E-state index is 0.862. The third kappa shape index (κ3) is 3.23. The van der Waals surface area contributed by atoms with Crippen LogP contribution >= 0.6 is 22.9 Å². The van der Waals surface area contributed by atoms with E-state index >= 15 is 0 Å². The van der Waals surface area contributed by atoms with Crippen LogP contribution in [0.3, 0.4) is 0 Å². The summed E-state index contributed by atoms with van der Waals surface area (Å²) in [4.78, 5) is 1.36. The first-order chi connectivity index (χ1) is 5.33. The molecule has 0 aromatic carbocycles. The molecule has 1 aromatic heterocycles. The molecule has 1 N–H and O–H groups in total. The lowest BCUT2D eigenvalue weighted by Crippen LogP contribution is -2.15. The van der Waals surface area contributed by atoms with Crippen molar-refractivity contribution >= 4 is 22.9 Å². The van der Waals surface area contributed by atoms with Crippen LogP contribution in [-0.4, -0.2) is 13.1 Å². The first-order valence-electron chi connectivity index (χ1n) is 3.76. The molecule has 0 bridgehead atoms. The van der Waals surface area contributed by atoms with Crippen LogP contribution in [0.15, 0.2) is 11.4 Å². The Kier molecular flexibility index (Phi) is 3.91. The Labute approximate surface area is 76.4 Å². The van der Waals surface area contributed by atoms with Gasteiger partial charge in [0.05, 0.1) is 5.02 Å². The van der Waals surface area contributed by atoms with Crippen LogP contribution in [-0.2, 0) is 6.42 Å². The molecule has 0 aliphatic heterocycles. The lowest BCUT2D eigenvalue weighted by molar-refractivity contribution is 0.721. The van der Waals surface area contributed by atoms with Crippen LogP contribution < -0.4 is 5.32 Å². The molecule has 0 aliphatic rings. The Hall–Kier alpha value is -0.0500. The highest BCUT2D eigenvalue weighted by Crippen LogP contribution is 2.18. The fourth-order valence-corrected chi connectivity index (χ4v) is 1.95. The van der Waals surface area contributed by atoms with Crippen LogP contribution in [0.2, 0.25) is 5.02 Å². The molecular weight excluding hydrogens is 178 g/mol. The van der Waals surface area contributed by atoms with E-state index in [1.54, 1.807) is 11.3 Å². The molecule has 1 heterocycles. The Balaban J connectivity index is 2.27. The SMILES string of the molecule is CCNCCc1cc(Cl)cs1. The van der Waals surface area contributed by atoms with Crippen molar-refractivity contribution in [3.63, 3.8) is 0 Å². The average Bonchev–Trinajstić information content (AvgIpc) is 2.37. The van der Waals surface area contributed by atoms with Gasteiger partial charge in [-0.25, -0.2) is 0 Å². The predicted molar refractivity (Wildman–Crippen MR) is 51.6 cm³/mol. The van der Waals surface area contributed by atoms with E-state index in [0.717, 1.165) is 24.5 Å². The van der Waals surface area contributed by atoms with E-state index in [9.17, 15) is 0 Å². The van der Waals surface area contributed by atoms with Gasteiger partial charge >= 0.3 is 0 Å². The zero-order valence-corrected chi connectivity index (χ0v) is 8.13. The molecule has 3 heteroatoms. The highest BCUT2D eigenvalue weighted by atomic mass is 35.5. The van der Waals surface area contributed by atoms with E-state index in [0.29, 0.717) is 0 Å². The van der Waals surface area contributed by atoms with E-state index in [1.165, 1.54) is 4.88 Å². The molecule has 0 amide bonds. The maximum absolute atomic E-state index is 5.76. The normalized spacial score (nSPS) is 10.4. The highest BCUT2D eigenvalue weighted by Gasteiger charge is 1.95. The summed E-state index contributed by atoms with van der Waals surface area (Å²) in [5.41, 5.74) is 0. The standard InChI is InChI=1S/C8H12ClNS/c1-2-10-4-3-8-5-7(9)6-11-8/h5-6,10H,2-4H2,1H3. The van der Waals surface area contributed by atoms with Crippen molar-refractivity contribution < 1.29 is 0 Å². The topological polar surface area (TPSA) is 12.0 Å². The largest absolute Gasteiger partial charge is 0.317 e. The third-order valence-corrected chi connectivity index (χ3v) is 2.76. The van der Waals surface area contributed by atoms with Crippen molar-refractivity contribution in [1.82, 2.24) is 5.32 Å². The molecule has 1 rings (SSSR count). The Bertz CT molecular complexity index is 210. The van der Waals surface area contributed by atoms with E-state index in [2.05, 4.69) is 12.2 Å². The summed E-state index contributed by atoms with van der Waals surface area (Å²) < 4.78 is 0. The fraction of sp³-hybridized carbons (Fsp3) is 0.500. The molecule has 62 valence electrons. The number of hydrogen-bond donors (Lipinski definition) is 1. The molecule has 0 radical (unpaired) electrons. The van der Waals surface area contributed by atoms with Gasteiger partial charge in [-0.3, -0.25) is 0 Å². The highest BCUT2D eigenvalue weighted by molar-refractivity contribution is 7.10. The van der Waals surface area contributed by atoms with Crippen molar-refractivity contribution in [3.05, 3.63) is 21.3 Å². The van der Waals surface area contributed by atoms with E-state index < -0.39 is 0 Å². The van der Waals surface area contributed by atoms with Crippen molar-refractivity contribution in [2.75, 3.05) is 13.1 Å². The first-order valence-corrected chi connectivity index (χ1v) is 5.02. The maximum atomic E-state index is 5.76. The van der Waals surface area contributed by atoms with Crippen molar-refractivity contribution in [3.8, 4) is 0 Å². The summed E-state index contributed by atoms with van der Waals surface area (Å²) in [6.45, 7) is 4.20. The summed E-state index contributed by atoms with van der Waals surface area (Å²) >= 11 is 7.49. The molecule has 0 spiro atoms. The Morgan fingerprint density at radius 3 is 3.00 bits per heavy atom. The maximum Gasteiger partial charge on any atom is 0.0515 e. The number of thiophene rings is 1. The monoisotopic (exact) mass is 189 g/mol. The summed E-state index contributed by atoms with van der Waals surface area (Å²) in [6.07, 6.45) is 1.09. The number of halogens is 1. The molecule has 0 saturated carbocycles. The van der Waals surface area contributed by atoms with Gasteiger partial charge in [-0.1, -0.05) is 18.5 Å². The Morgan fingerprint density at radius 2 is 2.45 bits per heavy atom. The average molecular weight is 190 g/mol. The quantitative estimate of drug-likeness (QED) is 0.718. The first kappa shape index (κ1) is 9.04. The minimum absolute atomic E-state index is 0.862. The summed E-state index contributed by atoms with van der Waals surface area (Å²) in [6, 6.07) is 2.03. The van der Waals surface area contributed by atoms with Crippen LogP contribution in [0.1, 0.15) is 11.8 Å². The van der Waals surface area contributed by atoms with Gasteiger partial charge in [-0.2, -0.15) is 0 Å². The molecule has 0 fully saturated rings. The van der Waals surface area contributed by atoms with Crippen LogP contribution in [0.25, 0.3) is 0 Å². The van der Waals surface area contributed by atoms with Gasteiger partial charge in [0.15, 0.2) is 0 Å². The molecule has 0 saturated heterocycles. The third-order valence-electron chi connectivity index (χ3n) is 1.42. The van der Waals surface area contributed by atoms with Gasteiger partial charge in [-0.15, -0.1) is 11.3 Å². The molecule has 1 aromatic rings. The lowest BCUT2D eigenvalue weighted by Gasteiger charge is -1.97. The summed E-state index contributed by atoms with van der Waals surface area (Å²) in [5, 5.41) is 6.11. The van der Waals surface area contributed by atoms with E-state index in [-0.39, 0.29) is 0 Å². The second kappa shape index (κ2) is 4.75. The van der Waals surface area contributed by atoms with Gasteiger partial charge in [-0.05, 0) is 25.6 Å². The summed E-state index contributed by atoms with van der Waals surface area (Å²) in [5.74, 6) is 0. The van der Waals surface area contributed by atoms with Crippen molar-refractivity contribution in [1.29, 1.82) is 0 Å². The van der Waals surface area contributed by atoms with Crippen molar-refractivity contribution in [2.24, 2.45) is 0 Å². The number of nitrogens with one attached hydrogen (secondary N) is 1. The molecule has 11 heavy (non-hydrogen) atoms. The van der Waals surface area contributed by atoms with E-state index in [1.807, 2.05) is 11.4 Å². The molecular formula is C8H12ClNS. The molecule has 0 aliphatic carbocycles. The smallest absolute Gasteiger partial charge is 0.0515 e. The second-order valence-electron chi connectivity index (χ2n) is 2.33. The predicted octanol–water partition coefficient (Wildman–Crippen LogP) is 2.55. The van der Waals surface area contributed by atoms with Gasteiger partial charge in [0, 0.05) is 10.3 Å². The van der Waals surface area contributed by atoms with Gasteiger partial charge in [0.1, 0.15) is 0 Å². The van der Waals surface area contributed by atoms with Crippen LogP contribution in [0, 0.1) is 0 Å². The van der Waals surface area contributed by atoms with Gasteiger partial charge < -0.3 is 5.32 Å². The minimum Gasteiger partial charge on any atom is -0.317 e. The molecule has 0 unspecified atom stereocenters. The van der Waals surface area contributed by atoms with Crippen LogP contribution in [0.4, 0.5) is 0 Å². The number of likely N-dealkylation sites (N-methyl/N-ethyl adjacent to an activating group) is 1. The molecule has 1 nitrogen and oxygen atoms in total. The van der Waals surface area contributed by atoms with E-state index in [4.69, 9.17) is 11.6 Å². The van der Waals surface area contributed by atoms with Crippen molar-refractivity contribution in [2.45, 2.75) is 13.3 Å². The lowest BCUT2D eigenvalue weighted by atomic mass is 10.3. The number of rotatable bonds is 4. The second-order valence-corrected chi connectivity index (χ2v) is 3.77. The fourth-order valence-electron chi connectivity index (χ4n) is 0.873.